The second-order valence-corrected chi connectivity index (χ2v) is 7.59. The van der Waals surface area contributed by atoms with Crippen LogP contribution in [-0.4, -0.2) is 45.7 Å². The van der Waals surface area contributed by atoms with E-state index in [1.54, 1.807) is 0 Å². The van der Waals surface area contributed by atoms with Gasteiger partial charge in [0.2, 0.25) is 5.91 Å². The summed E-state index contributed by atoms with van der Waals surface area (Å²) >= 11 is 0. The van der Waals surface area contributed by atoms with E-state index in [1.807, 2.05) is 11.9 Å². The van der Waals surface area contributed by atoms with Crippen LogP contribution in [0.4, 0.5) is 26.3 Å². The molecule has 0 bridgehead atoms. The molecule has 1 saturated heterocycles. The first-order valence-electron chi connectivity index (χ1n) is 9.71. The molecule has 3 rings (SSSR count). The van der Waals surface area contributed by atoms with Gasteiger partial charge in [-0.15, -0.1) is 5.10 Å². The molecular formula is C20H21F6N5O. The van der Waals surface area contributed by atoms with Gasteiger partial charge in [0.05, 0.1) is 11.1 Å². The number of likely N-dealkylation sites (tertiary alicyclic amines) is 1. The quantitative estimate of drug-likeness (QED) is 0.538. The number of nitrogens with zero attached hydrogens (tertiary/aromatic N) is 4. The van der Waals surface area contributed by atoms with Gasteiger partial charge >= 0.3 is 12.4 Å². The third-order valence-electron chi connectivity index (χ3n) is 5.31. The van der Waals surface area contributed by atoms with Gasteiger partial charge in [-0.25, -0.2) is 9.67 Å². The molecule has 1 aliphatic heterocycles. The Kier molecular flexibility index (Phi) is 6.63. The predicted octanol–water partition coefficient (Wildman–Crippen LogP) is 4.13. The van der Waals surface area contributed by atoms with E-state index in [1.165, 1.54) is 11.0 Å². The van der Waals surface area contributed by atoms with Gasteiger partial charge in [0, 0.05) is 18.0 Å². The minimum Gasteiger partial charge on any atom is -0.352 e. The van der Waals surface area contributed by atoms with E-state index in [-0.39, 0.29) is 35.4 Å². The summed E-state index contributed by atoms with van der Waals surface area (Å²) in [5.41, 5.74) is -3.25. The van der Waals surface area contributed by atoms with Gasteiger partial charge in [0.1, 0.15) is 12.5 Å². The van der Waals surface area contributed by atoms with Gasteiger partial charge in [0.25, 0.3) is 0 Å². The zero-order valence-electron chi connectivity index (χ0n) is 17.0. The predicted molar refractivity (Wildman–Crippen MR) is 103 cm³/mol. The van der Waals surface area contributed by atoms with Crippen molar-refractivity contribution >= 4 is 5.91 Å². The van der Waals surface area contributed by atoms with Crippen molar-refractivity contribution in [3.05, 3.63) is 48.3 Å². The number of carbonyl (C=O) groups is 1. The molecule has 0 aliphatic carbocycles. The molecule has 1 aromatic heterocycles. The Morgan fingerprint density at radius 2 is 1.81 bits per heavy atom. The molecule has 1 fully saturated rings. The van der Waals surface area contributed by atoms with Crippen LogP contribution in [0.3, 0.4) is 0 Å². The van der Waals surface area contributed by atoms with Gasteiger partial charge < -0.3 is 5.32 Å². The SMILES string of the molecule is C=CC(=O)NCC1CCCN(C)C1n1cnc(-c2cc(C(F)(F)F)cc(C(F)(F)F)c2)n1. The van der Waals surface area contributed by atoms with E-state index in [0.29, 0.717) is 25.2 Å². The standard InChI is InChI=1S/C20H21F6N5O/c1-3-16(32)27-10-12-5-4-6-30(2)18(12)31-11-28-17(29-31)13-7-14(19(21,22)23)9-15(8-13)20(24,25)26/h3,7-9,11-12,18H,1,4-6,10H2,2H3,(H,27,32). The third-order valence-corrected chi connectivity index (χ3v) is 5.31. The van der Waals surface area contributed by atoms with E-state index < -0.39 is 23.5 Å². The van der Waals surface area contributed by atoms with Crippen LogP contribution in [0, 0.1) is 5.92 Å². The van der Waals surface area contributed by atoms with Crippen molar-refractivity contribution in [1.82, 2.24) is 25.0 Å². The molecule has 6 nitrogen and oxygen atoms in total. The third kappa shape index (κ3) is 5.29. The van der Waals surface area contributed by atoms with Gasteiger partial charge in [-0.2, -0.15) is 26.3 Å². The van der Waals surface area contributed by atoms with Crippen molar-refractivity contribution in [2.75, 3.05) is 20.1 Å². The summed E-state index contributed by atoms with van der Waals surface area (Å²) in [4.78, 5) is 17.5. The lowest BCUT2D eigenvalue weighted by molar-refractivity contribution is -0.143. The number of nitrogens with one attached hydrogen (secondary N) is 1. The van der Waals surface area contributed by atoms with E-state index >= 15 is 0 Å². The average molecular weight is 461 g/mol. The first-order chi connectivity index (χ1) is 14.9. The second kappa shape index (κ2) is 8.93. The van der Waals surface area contributed by atoms with Crippen molar-refractivity contribution in [2.24, 2.45) is 5.92 Å². The number of piperidine rings is 1. The van der Waals surface area contributed by atoms with E-state index in [0.717, 1.165) is 18.9 Å². The van der Waals surface area contributed by atoms with Crippen LogP contribution in [-0.2, 0) is 17.1 Å². The summed E-state index contributed by atoms with van der Waals surface area (Å²) < 4.78 is 80.4. The molecule has 1 aromatic carbocycles. The first-order valence-corrected chi connectivity index (χ1v) is 9.71. The highest BCUT2D eigenvalue weighted by molar-refractivity contribution is 5.86. The number of carbonyl (C=O) groups excluding carboxylic acids is 1. The second-order valence-electron chi connectivity index (χ2n) is 7.59. The van der Waals surface area contributed by atoms with Gasteiger partial charge in [0.15, 0.2) is 5.82 Å². The lowest BCUT2D eigenvalue weighted by Crippen LogP contribution is -2.44. The lowest BCUT2D eigenvalue weighted by Gasteiger charge is -2.38. The van der Waals surface area contributed by atoms with Crippen LogP contribution >= 0.6 is 0 Å². The molecule has 2 atom stereocenters. The maximum absolute atomic E-state index is 13.2. The number of rotatable bonds is 5. The Morgan fingerprint density at radius 3 is 2.38 bits per heavy atom. The molecule has 12 heteroatoms. The Hall–Kier alpha value is -2.89. The summed E-state index contributed by atoms with van der Waals surface area (Å²) in [6.45, 7) is 4.40. The number of benzene rings is 1. The zero-order valence-corrected chi connectivity index (χ0v) is 17.0. The van der Waals surface area contributed by atoms with Crippen molar-refractivity contribution in [1.29, 1.82) is 0 Å². The highest BCUT2D eigenvalue weighted by Crippen LogP contribution is 2.38. The highest BCUT2D eigenvalue weighted by atomic mass is 19.4. The minimum absolute atomic E-state index is 0.0632. The average Bonchev–Trinajstić information content (AvgIpc) is 3.20. The molecule has 2 unspecified atom stereocenters. The largest absolute Gasteiger partial charge is 0.416 e. The van der Waals surface area contributed by atoms with E-state index in [2.05, 4.69) is 22.0 Å². The Balaban J connectivity index is 1.96. The molecule has 0 radical (unpaired) electrons. The van der Waals surface area contributed by atoms with Gasteiger partial charge in [-0.3, -0.25) is 9.69 Å². The summed E-state index contributed by atoms with van der Waals surface area (Å²) in [6, 6.07) is 1.26. The summed E-state index contributed by atoms with van der Waals surface area (Å²) in [5.74, 6) is -0.700. The van der Waals surface area contributed by atoms with Crippen LogP contribution in [0.5, 0.6) is 0 Å². The Bertz CT molecular complexity index is 951. The Morgan fingerprint density at radius 1 is 1.19 bits per heavy atom. The number of aromatic nitrogens is 3. The normalized spacial score (nSPS) is 20.2. The summed E-state index contributed by atoms with van der Waals surface area (Å²) in [5, 5.41) is 6.91. The zero-order chi connectivity index (χ0) is 23.7. The van der Waals surface area contributed by atoms with Crippen LogP contribution in [0.15, 0.2) is 37.2 Å². The van der Waals surface area contributed by atoms with Gasteiger partial charge in [-0.1, -0.05) is 6.58 Å². The molecule has 1 N–H and O–H groups in total. The van der Waals surface area contributed by atoms with Crippen molar-refractivity contribution in [2.45, 2.75) is 31.4 Å². The maximum atomic E-state index is 13.2. The fourth-order valence-corrected chi connectivity index (χ4v) is 3.79. The molecule has 32 heavy (non-hydrogen) atoms. The van der Waals surface area contributed by atoms with Crippen molar-refractivity contribution in [3.63, 3.8) is 0 Å². The highest BCUT2D eigenvalue weighted by Gasteiger charge is 2.38. The molecule has 1 amide bonds. The fourth-order valence-electron chi connectivity index (χ4n) is 3.79. The maximum Gasteiger partial charge on any atom is 0.416 e. The smallest absolute Gasteiger partial charge is 0.352 e. The summed E-state index contributed by atoms with van der Waals surface area (Å²) in [7, 11) is 1.82. The van der Waals surface area contributed by atoms with Crippen LogP contribution in [0.25, 0.3) is 11.4 Å². The monoisotopic (exact) mass is 461 g/mol. The lowest BCUT2D eigenvalue weighted by atomic mass is 9.94. The van der Waals surface area contributed by atoms with Crippen LogP contribution in [0.1, 0.15) is 30.1 Å². The minimum atomic E-state index is -4.96. The molecule has 0 saturated carbocycles. The molecule has 0 spiro atoms. The number of hydrogen-bond donors (Lipinski definition) is 1. The first kappa shape index (κ1) is 23.8. The topological polar surface area (TPSA) is 63.1 Å². The number of halogens is 6. The van der Waals surface area contributed by atoms with Crippen LogP contribution < -0.4 is 5.32 Å². The van der Waals surface area contributed by atoms with Crippen molar-refractivity contribution in [3.8, 4) is 11.4 Å². The van der Waals surface area contributed by atoms with E-state index in [4.69, 9.17) is 0 Å². The number of hydrogen-bond acceptors (Lipinski definition) is 4. The van der Waals surface area contributed by atoms with Crippen LogP contribution in [0.2, 0.25) is 0 Å². The molecule has 2 aromatic rings. The fraction of sp³-hybridized carbons (Fsp3) is 0.450. The number of amides is 1. The van der Waals surface area contributed by atoms with E-state index in [9.17, 15) is 31.1 Å². The molecule has 1 aliphatic rings. The Labute approximate surface area is 179 Å². The molecule has 2 heterocycles. The van der Waals surface area contributed by atoms with Gasteiger partial charge in [-0.05, 0) is 50.7 Å². The molecular weight excluding hydrogens is 440 g/mol. The summed E-state index contributed by atoms with van der Waals surface area (Å²) in [6.07, 6.45) is -6.30. The van der Waals surface area contributed by atoms with Crippen molar-refractivity contribution < 1.29 is 31.1 Å². The molecule has 174 valence electrons. The number of alkyl halides is 6.